The van der Waals surface area contributed by atoms with E-state index < -0.39 is 16.8 Å². The molecular weight excluding hydrogens is 392 g/mol. The van der Waals surface area contributed by atoms with Crippen molar-refractivity contribution in [3.8, 4) is 0 Å². The maximum Gasteiger partial charge on any atom is 0.354 e. The largest absolute Gasteiger partial charge is 0.464 e. The van der Waals surface area contributed by atoms with E-state index in [1.165, 1.54) is 24.4 Å². The predicted molar refractivity (Wildman–Crippen MR) is 98.6 cm³/mol. The number of ether oxygens (including phenoxy) is 1. The lowest BCUT2D eigenvalue weighted by molar-refractivity contribution is -0.384. The summed E-state index contributed by atoms with van der Waals surface area (Å²) in [6.07, 6.45) is 2.54. The van der Waals surface area contributed by atoms with Crippen LogP contribution in [0.2, 0.25) is 5.15 Å². The maximum absolute atomic E-state index is 12.4. The monoisotopic (exact) mass is 402 g/mol. The number of nitro groups is 1. The average Bonchev–Trinajstić information content (AvgIpc) is 2.68. The van der Waals surface area contributed by atoms with Gasteiger partial charge in [0.15, 0.2) is 0 Å². The van der Waals surface area contributed by atoms with E-state index in [2.05, 4.69) is 25.1 Å². The molecule has 0 saturated heterocycles. The van der Waals surface area contributed by atoms with E-state index in [0.717, 1.165) is 25.3 Å². The van der Waals surface area contributed by atoms with Gasteiger partial charge in [-0.1, -0.05) is 16.7 Å². The number of hydrogen-bond acceptors (Lipinski definition) is 7. The molecule has 1 heterocycles. The Morgan fingerprint density at radius 1 is 1.43 bits per heavy atom. The molecule has 0 atom stereocenters. The minimum Gasteiger partial charge on any atom is -0.464 e. The summed E-state index contributed by atoms with van der Waals surface area (Å²) in [5, 5.41) is 16.5. The van der Waals surface area contributed by atoms with Gasteiger partial charge in [0.25, 0.3) is 11.6 Å². The van der Waals surface area contributed by atoms with Gasteiger partial charge in [-0.2, -0.15) is 0 Å². The number of nitrogens with one attached hydrogen (secondary N) is 1. The number of pyridine rings is 1. The number of amides is 1. The van der Waals surface area contributed by atoms with Crippen molar-refractivity contribution < 1.29 is 19.2 Å². The first-order chi connectivity index (χ1) is 13.4. The van der Waals surface area contributed by atoms with Gasteiger partial charge in [0.05, 0.1) is 23.3 Å². The molecule has 0 spiro atoms. The second kappa shape index (κ2) is 9.12. The second-order valence-electron chi connectivity index (χ2n) is 5.04. The van der Waals surface area contributed by atoms with Crippen LogP contribution in [0.1, 0.15) is 15.9 Å². The zero-order valence-corrected chi connectivity index (χ0v) is 15.0. The number of non-ortho nitro benzene ring substituents is 1. The number of benzene rings is 1. The molecule has 0 fully saturated rings. The third-order valence-corrected chi connectivity index (χ3v) is 3.64. The number of nitrogens with zero attached hydrogens (tertiary/aromatic N) is 5. The molecule has 1 aromatic heterocycles. The van der Waals surface area contributed by atoms with Crippen molar-refractivity contribution in [1.29, 1.82) is 0 Å². The van der Waals surface area contributed by atoms with Crippen LogP contribution in [0, 0.1) is 10.1 Å². The average molecular weight is 403 g/mol. The van der Waals surface area contributed by atoms with Crippen molar-refractivity contribution in [3.05, 3.63) is 79.1 Å². The van der Waals surface area contributed by atoms with Crippen molar-refractivity contribution in [1.82, 2.24) is 10.3 Å². The lowest BCUT2D eigenvalue weighted by atomic mass is 10.1. The van der Waals surface area contributed by atoms with Gasteiger partial charge in [-0.3, -0.25) is 14.9 Å². The number of azide groups is 1. The number of methoxy groups -OCH3 is 1. The molecule has 1 amide bonds. The fraction of sp³-hybridized carbons (Fsp3) is 0.0625. The smallest absolute Gasteiger partial charge is 0.354 e. The zero-order chi connectivity index (χ0) is 20.7. The Balaban J connectivity index is 2.48. The molecule has 0 aliphatic heterocycles. The SMILES string of the molecule is COC(=O)/C(=C/c1ccc([N+](=O)[O-])cc1N=[N+]=[N-])NC(=O)c1cccnc1Cl. The number of nitro benzene ring substituents is 1. The van der Waals surface area contributed by atoms with Crippen LogP contribution < -0.4 is 5.32 Å². The van der Waals surface area contributed by atoms with Crippen LogP contribution in [0.4, 0.5) is 11.4 Å². The summed E-state index contributed by atoms with van der Waals surface area (Å²) in [5.74, 6) is -1.64. The van der Waals surface area contributed by atoms with Crippen LogP contribution in [-0.2, 0) is 9.53 Å². The van der Waals surface area contributed by atoms with E-state index >= 15 is 0 Å². The summed E-state index contributed by atoms with van der Waals surface area (Å²) in [5.41, 5.74) is 8.08. The van der Waals surface area contributed by atoms with E-state index in [1.807, 2.05) is 0 Å². The molecule has 2 aromatic rings. The van der Waals surface area contributed by atoms with Gasteiger partial charge in [-0.05, 0) is 35.4 Å². The number of rotatable bonds is 6. The fourth-order valence-corrected chi connectivity index (χ4v) is 2.26. The van der Waals surface area contributed by atoms with Crippen LogP contribution in [0.3, 0.4) is 0 Å². The standard InChI is InChI=1S/C16H11ClN6O5/c1-28-16(25)13(20-15(24)11-3-2-6-19-14(11)17)7-9-4-5-10(23(26)27)8-12(9)21-22-18/h2-8H,1H3,(H,20,24)/b13-7-. The molecule has 11 nitrogen and oxygen atoms in total. The Morgan fingerprint density at radius 3 is 2.79 bits per heavy atom. The fourth-order valence-electron chi connectivity index (χ4n) is 2.06. The molecule has 142 valence electrons. The molecule has 1 aromatic carbocycles. The molecule has 0 saturated carbocycles. The Hall–Kier alpha value is -3.95. The van der Waals surface area contributed by atoms with E-state index in [9.17, 15) is 19.7 Å². The van der Waals surface area contributed by atoms with Crippen LogP contribution in [0.15, 0.2) is 47.3 Å². The lowest BCUT2D eigenvalue weighted by Crippen LogP contribution is -2.28. The Kier molecular flexibility index (Phi) is 6.63. The summed E-state index contributed by atoms with van der Waals surface area (Å²) in [4.78, 5) is 41.0. The first kappa shape index (κ1) is 20.4. The Labute approximate surface area is 162 Å². The van der Waals surface area contributed by atoms with Gasteiger partial charge in [0.1, 0.15) is 10.9 Å². The molecule has 2 rings (SSSR count). The van der Waals surface area contributed by atoms with E-state index in [0.29, 0.717) is 0 Å². The van der Waals surface area contributed by atoms with Crippen LogP contribution >= 0.6 is 11.6 Å². The second-order valence-corrected chi connectivity index (χ2v) is 5.39. The number of carbonyl (C=O) groups excluding carboxylic acids is 2. The van der Waals surface area contributed by atoms with Gasteiger partial charge < -0.3 is 10.1 Å². The van der Waals surface area contributed by atoms with Crippen LogP contribution in [0.25, 0.3) is 16.5 Å². The van der Waals surface area contributed by atoms with Crippen molar-refractivity contribution >= 4 is 40.9 Å². The third-order valence-electron chi connectivity index (χ3n) is 3.33. The predicted octanol–water partition coefficient (Wildman–Crippen LogP) is 3.53. The van der Waals surface area contributed by atoms with Crippen LogP contribution in [0.5, 0.6) is 0 Å². The summed E-state index contributed by atoms with van der Waals surface area (Å²) in [6, 6.07) is 6.32. The molecular formula is C16H11ClN6O5. The highest BCUT2D eigenvalue weighted by Crippen LogP contribution is 2.27. The summed E-state index contributed by atoms with van der Waals surface area (Å²) >= 11 is 5.86. The number of carbonyl (C=O) groups is 2. The Bertz CT molecular complexity index is 1030. The van der Waals surface area contributed by atoms with Gasteiger partial charge in [0, 0.05) is 23.2 Å². The molecule has 0 radical (unpaired) electrons. The number of hydrogen-bond donors (Lipinski definition) is 1. The highest BCUT2D eigenvalue weighted by molar-refractivity contribution is 6.32. The molecule has 0 aliphatic carbocycles. The van der Waals surface area contributed by atoms with E-state index in [-0.39, 0.29) is 33.4 Å². The zero-order valence-electron chi connectivity index (χ0n) is 14.2. The molecule has 0 bridgehead atoms. The van der Waals surface area contributed by atoms with Crippen molar-refractivity contribution in [2.45, 2.75) is 0 Å². The highest BCUT2D eigenvalue weighted by Gasteiger charge is 2.18. The first-order valence-electron chi connectivity index (χ1n) is 7.42. The van der Waals surface area contributed by atoms with Gasteiger partial charge in [-0.25, -0.2) is 9.78 Å². The van der Waals surface area contributed by atoms with E-state index in [1.54, 1.807) is 0 Å². The van der Waals surface area contributed by atoms with E-state index in [4.69, 9.17) is 17.1 Å². The van der Waals surface area contributed by atoms with Crippen LogP contribution in [-0.4, -0.2) is 28.9 Å². The topological polar surface area (TPSA) is 160 Å². The first-order valence-corrected chi connectivity index (χ1v) is 7.80. The number of halogens is 1. The molecule has 1 N–H and O–H groups in total. The number of aromatic nitrogens is 1. The van der Waals surface area contributed by atoms with Crippen molar-refractivity contribution in [2.24, 2.45) is 5.11 Å². The summed E-state index contributed by atoms with van der Waals surface area (Å²) in [7, 11) is 1.10. The minimum absolute atomic E-state index is 0.0120. The van der Waals surface area contributed by atoms with Gasteiger partial charge >= 0.3 is 5.97 Å². The lowest BCUT2D eigenvalue weighted by Gasteiger charge is -2.10. The van der Waals surface area contributed by atoms with Crippen molar-refractivity contribution in [3.63, 3.8) is 0 Å². The quantitative estimate of drug-likeness (QED) is 0.114. The number of esters is 1. The summed E-state index contributed by atoms with van der Waals surface area (Å²) in [6.45, 7) is 0. The van der Waals surface area contributed by atoms with Gasteiger partial charge in [0.2, 0.25) is 0 Å². The Morgan fingerprint density at radius 2 is 2.18 bits per heavy atom. The third kappa shape index (κ3) is 4.81. The van der Waals surface area contributed by atoms with Gasteiger partial charge in [-0.15, -0.1) is 0 Å². The maximum atomic E-state index is 12.4. The highest BCUT2D eigenvalue weighted by atomic mass is 35.5. The minimum atomic E-state index is -0.904. The summed E-state index contributed by atoms with van der Waals surface area (Å²) < 4.78 is 4.63. The molecule has 28 heavy (non-hydrogen) atoms. The normalized spacial score (nSPS) is 10.6. The van der Waals surface area contributed by atoms with Crippen molar-refractivity contribution in [2.75, 3.05) is 7.11 Å². The molecule has 0 aliphatic rings. The molecule has 12 heteroatoms. The molecule has 0 unspecified atom stereocenters.